The normalized spacial score (nSPS) is 15.0. The van der Waals surface area contributed by atoms with Crippen molar-refractivity contribution in [2.45, 2.75) is 44.1 Å². The van der Waals surface area contributed by atoms with Gasteiger partial charge >= 0.3 is 0 Å². The highest BCUT2D eigenvalue weighted by atomic mass is 32.2. The van der Waals surface area contributed by atoms with Gasteiger partial charge in [-0.1, -0.05) is 0 Å². The number of amides is 2. The van der Waals surface area contributed by atoms with E-state index in [1.165, 1.54) is 24.1 Å². The van der Waals surface area contributed by atoms with E-state index in [9.17, 15) is 37.0 Å². The molecular formula is C21H28F2N4O6S3. The van der Waals surface area contributed by atoms with Gasteiger partial charge in [-0.2, -0.15) is 11.8 Å². The van der Waals surface area contributed by atoms with Crippen LogP contribution in [0.15, 0.2) is 23.6 Å². The van der Waals surface area contributed by atoms with E-state index in [0.717, 1.165) is 29.7 Å². The maximum absolute atomic E-state index is 13.8. The number of carbonyl (C=O) groups is 2. The van der Waals surface area contributed by atoms with Crippen LogP contribution in [0.3, 0.4) is 0 Å². The zero-order chi connectivity index (χ0) is 27.0. The Morgan fingerprint density at radius 1 is 1.11 bits per heavy atom. The molecule has 2 aromatic rings. The predicted octanol–water partition coefficient (Wildman–Crippen LogP) is 1.11. The molecule has 2 rings (SSSR count). The molecule has 0 unspecified atom stereocenters. The first-order valence-electron chi connectivity index (χ1n) is 10.6. The molecule has 36 heavy (non-hydrogen) atoms. The number of aliphatic hydroxyl groups is 2. The molecule has 0 aliphatic heterocycles. The number of aromatic nitrogens is 1. The van der Waals surface area contributed by atoms with E-state index in [1.54, 1.807) is 0 Å². The monoisotopic (exact) mass is 566 g/mol. The number of halogens is 2. The van der Waals surface area contributed by atoms with Gasteiger partial charge in [-0.05, 0) is 42.5 Å². The molecule has 5 N–H and O–H groups in total. The number of carbonyl (C=O) groups excluding carboxylic acids is 2. The van der Waals surface area contributed by atoms with Crippen molar-refractivity contribution in [3.05, 3.63) is 46.5 Å². The SMILES string of the molecule is CSCC[C@@H](NC(C)=O)[C@@H](O)[C@H](O)[C@H](Cc1cc(F)cc(F)c1)NC(=O)c1csc(NS(C)(=O)=O)n1. The minimum Gasteiger partial charge on any atom is -0.388 e. The van der Waals surface area contributed by atoms with Gasteiger partial charge in [0.2, 0.25) is 15.9 Å². The van der Waals surface area contributed by atoms with Crippen molar-refractivity contribution in [1.82, 2.24) is 15.6 Å². The number of benzene rings is 1. The largest absolute Gasteiger partial charge is 0.388 e. The summed E-state index contributed by atoms with van der Waals surface area (Å²) in [5, 5.41) is 28.1. The van der Waals surface area contributed by atoms with Crippen LogP contribution >= 0.6 is 23.1 Å². The summed E-state index contributed by atoms with van der Waals surface area (Å²) in [6.07, 6.45) is -0.416. The second-order valence-corrected chi connectivity index (χ2v) is 11.6. The van der Waals surface area contributed by atoms with Gasteiger partial charge in [0.1, 0.15) is 29.5 Å². The smallest absolute Gasteiger partial charge is 0.271 e. The fourth-order valence-electron chi connectivity index (χ4n) is 3.38. The van der Waals surface area contributed by atoms with Crippen LogP contribution in [0.5, 0.6) is 0 Å². The first-order valence-corrected chi connectivity index (χ1v) is 14.8. The third kappa shape index (κ3) is 9.61. The van der Waals surface area contributed by atoms with Gasteiger partial charge in [-0.25, -0.2) is 22.2 Å². The Labute approximate surface area is 216 Å². The molecular weight excluding hydrogens is 538 g/mol. The van der Waals surface area contributed by atoms with Crippen LogP contribution in [0.25, 0.3) is 0 Å². The first-order chi connectivity index (χ1) is 16.8. The lowest BCUT2D eigenvalue weighted by atomic mass is 9.92. The van der Waals surface area contributed by atoms with Crippen molar-refractivity contribution in [3.8, 4) is 0 Å². The Kier molecular flexibility index (Phi) is 11.0. The quantitative estimate of drug-likeness (QED) is 0.241. The fraction of sp³-hybridized carbons (Fsp3) is 0.476. The number of nitrogens with one attached hydrogen (secondary N) is 3. The van der Waals surface area contributed by atoms with E-state index in [-0.39, 0.29) is 22.8 Å². The Bertz CT molecular complexity index is 1140. The molecule has 200 valence electrons. The molecule has 10 nitrogen and oxygen atoms in total. The molecule has 0 saturated carbocycles. The molecule has 1 heterocycles. The second-order valence-electron chi connectivity index (χ2n) is 8.04. The summed E-state index contributed by atoms with van der Waals surface area (Å²) in [5.41, 5.74) is -0.0778. The van der Waals surface area contributed by atoms with Gasteiger partial charge in [0.25, 0.3) is 5.91 Å². The second kappa shape index (κ2) is 13.3. The van der Waals surface area contributed by atoms with Crippen molar-refractivity contribution in [1.29, 1.82) is 0 Å². The summed E-state index contributed by atoms with van der Waals surface area (Å²) < 4.78 is 52.5. The highest BCUT2D eigenvalue weighted by Crippen LogP contribution is 2.19. The maximum atomic E-state index is 13.8. The lowest BCUT2D eigenvalue weighted by molar-refractivity contribution is -0.121. The lowest BCUT2D eigenvalue weighted by Crippen LogP contribution is -2.56. The summed E-state index contributed by atoms with van der Waals surface area (Å²) in [6, 6.07) is 0.600. The van der Waals surface area contributed by atoms with Crippen molar-refractivity contribution in [2.24, 2.45) is 0 Å². The molecule has 0 bridgehead atoms. The first kappa shape index (κ1) is 29.9. The maximum Gasteiger partial charge on any atom is 0.271 e. The highest BCUT2D eigenvalue weighted by Gasteiger charge is 2.34. The molecule has 2 amide bonds. The molecule has 0 aliphatic rings. The van der Waals surface area contributed by atoms with Crippen LogP contribution in [0, 0.1) is 11.6 Å². The topological polar surface area (TPSA) is 158 Å². The van der Waals surface area contributed by atoms with E-state index in [2.05, 4.69) is 20.3 Å². The van der Waals surface area contributed by atoms with Crippen LogP contribution in [-0.2, 0) is 21.2 Å². The zero-order valence-electron chi connectivity index (χ0n) is 19.7. The average molecular weight is 567 g/mol. The molecule has 0 radical (unpaired) electrons. The summed E-state index contributed by atoms with van der Waals surface area (Å²) >= 11 is 2.31. The van der Waals surface area contributed by atoms with Crippen LogP contribution < -0.4 is 15.4 Å². The number of hydrogen-bond donors (Lipinski definition) is 5. The van der Waals surface area contributed by atoms with E-state index < -0.39 is 57.8 Å². The van der Waals surface area contributed by atoms with Crippen molar-refractivity contribution in [2.75, 3.05) is 23.0 Å². The fourth-order valence-corrected chi connectivity index (χ4v) is 5.41. The number of thiazole rings is 1. The molecule has 0 aliphatic carbocycles. The Morgan fingerprint density at radius 2 is 1.72 bits per heavy atom. The van der Waals surface area contributed by atoms with Crippen LogP contribution in [-0.4, -0.2) is 78.0 Å². The zero-order valence-corrected chi connectivity index (χ0v) is 22.1. The molecule has 15 heteroatoms. The molecule has 0 fully saturated rings. The van der Waals surface area contributed by atoms with Gasteiger partial charge in [-0.15, -0.1) is 11.3 Å². The van der Waals surface area contributed by atoms with Crippen LogP contribution in [0.4, 0.5) is 13.9 Å². The molecule has 0 spiro atoms. The lowest BCUT2D eigenvalue weighted by Gasteiger charge is -2.32. The van der Waals surface area contributed by atoms with Gasteiger partial charge in [0, 0.05) is 18.4 Å². The summed E-state index contributed by atoms with van der Waals surface area (Å²) in [6.45, 7) is 1.25. The number of hydrogen-bond acceptors (Lipinski definition) is 9. The van der Waals surface area contributed by atoms with Gasteiger partial charge in [-0.3, -0.25) is 14.3 Å². The van der Waals surface area contributed by atoms with Gasteiger partial charge in [0.05, 0.1) is 18.3 Å². The standard InChI is InChI=1S/C21H28F2N4O6S3/c1-11(28)24-15(4-5-34-2)18(29)19(30)16(8-12-6-13(22)9-14(23)7-12)25-20(31)17-10-35-21(26-17)27-36(3,32)33/h6-7,9-10,15-16,18-19,29-30H,4-5,8H2,1-3H3,(H,24,28)(H,25,31)(H,26,27)/t15-,16+,18-,19-/m1/s1. The third-order valence-corrected chi connectivity index (χ3v) is 7.00. The third-order valence-electron chi connectivity index (χ3n) is 4.90. The van der Waals surface area contributed by atoms with Crippen LogP contribution in [0.1, 0.15) is 29.4 Å². The Hall–Kier alpha value is -2.33. The van der Waals surface area contributed by atoms with E-state index >= 15 is 0 Å². The van der Waals surface area contributed by atoms with Crippen molar-refractivity contribution < 1.29 is 37.0 Å². The average Bonchev–Trinajstić information content (AvgIpc) is 3.21. The number of anilines is 1. The van der Waals surface area contributed by atoms with E-state index in [4.69, 9.17) is 0 Å². The van der Waals surface area contributed by atoms with Crippen molar-refractivity contribution in [3.63, 3.8) is 0 Å². The number of nitrogens with zero attached hydrogens (tertiary/aromatic N) is 1. The number of thioether (sulfide) groups is 1. The predicted molar refractivity (Wildman–Crippen MR) is 135 cm³/mol. The Morgan fingerprint density at radius 3 is 2.28 bits per heavy atom. The Balaban J connectivity index is 2.32. The van der Waals surface area contributed by atoms with E-state index in [1.807, 2.05) is 6.26 Å². The summed E-state index contributed by atoms with van der Waals surface area (Å²) in [5.74, 6) is -2.43. The molecule has 1 aromatic heterocycles. The number of aliphatic hydroxyl groups excluding tert-OH is 2. The molecule has 1 aromatic carbocycles. The molecule has 0 saturated heterocycles. The van der Waals surface area contributed by atoms with Crippen molar-refractivity contribution >= 4 is 50.1 Å². The summed E-state index contributed by atoms with van der Waals surface area (Å²) in [4.78, 5) is 28.4. The van der Waals surface area contributed by atoms with Gasteiger partial charge in [0.15, 0.2) is 5.13 Å². The summed E-state index contributed by atoms with van der Waals surface area (Å²) in [7, 11) is -3.63. The van der Waals surface area contributed by atoms with Crippen LogP contribution in [0.2, 0.25) is 0 Å². The molecule has 4 atom stereocenters. The van der Waals surface area contributed by atoms with E-state index in [0.29, 0.717) is 18.2 Å². The minimum absolute atomic E-state index is 0.0604. The van der Waals surface area contributed by atoms with Gasteiger partial charge < -0.3 is 20.8 Å². The number of rotatable bonds is 13. The number of sulfonamides is 1. The minimum atomic E-state index is -3.63. The highest BCUT2D eigenvalue weighted by molar-refractivity contribution is 7.98.